The first-order valence-corrected chi connectivity index (χ1v) is 19.7. The SMILES string of the molecule is COCCN1CC[C@]2(CCN([C@H]3CCc4cc(-c5cccc(-c6cccc(Nc7nc(C(F)F)cc8c7c(=O)n(C)c(=O)n8C)c6Cl)c5Cl)nc(OC)c43)C2)NC1=O. The lowest BCUT2D eigenvalue weighted by atomic mass is 9.92. The van der Waals surface area contributed by atoms with Crippen molar-refractivity contribution in [2.75, 3.05) is 52.3 Å². The van der Waals surface area contributed by atoms with Crippen molar-refractivity contribution in [1.82, 2.24) is 34.2 Å². The van der Waals surface area contributed by atoms with Crippen LogP contribution in [0.2, 0.25) is 10.0 Å². The van der Waals surface area contributed by atoms with Gasteiger partial charge >= 0.3 is 11.7 Å². The van der Waals surface area contributed by atoms with E-state index in [1.54, 1.807) is 32.4 Å². The molecule has 3 aromatic heterocycles. The van der Waals surface area contributed by atoms with Crippen LogP contribution >= 0.6 is 23.2 Å². The zero-order valence-corrected chi connectivity index (χ0v) is 33.9. The Balaban J connectivity index is 1.09. The van der Waals surface area contributed by atoms with Gasteiger partial charge in [0.15, 0.2) is 0 Å². The first kappa shape index (κ1) is 39.7. The quantitative estimate of drug-likeness (QED) is 0.155. The number of nitrogens with zero attached hydrogens (tertiary/aromatic N) is 6. The number of aromatic nitrogens is 4. The van der Waals surface area contributed by atoms with E-state index in [-0.39, 0.29) is 45.0 Å². The van der Waals surface area contributed by atoms with E-state index in [9.17, 15) is 23.2 Å². The van der Waals surface area contributed by atoms with Crippen LogP contribution in [0.25, 0.3) is 33.3 Å². The number of pyridine rings is 2. The van der Waals surface area contributed by atoms with Gasteiger partial charge in [-0.1, -0.05) is 53.5 Å². The first-order valence-electron chi connectivity index (χ1n) is 19.0. The van der Waals surface area contributed by atoms with Crippen molar-refractivity contribution < 1.29 is 23.0 Å². The molecule has 2 aromatic carbocycles. The molecule has 8 rings (SSSR count). The number of likely N-dealkylation sites (tertiary alicyclic amines) is 1. The number of carbonyl (C=O) groups is 1. The number of nitrogens with one attached hydrogen (secondary N) is 2. The molecule has 2 N–H and O–H groups in total. The molecule has 2 atom stereocenters. The predicted octanol–water partition coefficient (Wildman–Crippen LogP) is 6.85. The zero-order chi connectivity index (χ0) is 41.0. The number of carbonyl (C=O) groups excluding carboxylic acids is 1. The van der Waals surface area contributed by atoms with Crippen LogP contribution in [0.1, 0.15) is 48.6 Å². The Kier molecular flexibility index (Phi) is 10.7. The number of hydrogen-bond acceptors (Lipinski definition) is 9. The van der Waals surface area contributed by atoms with Crippen molar-refractivity contribution in [2.45, 2.75) is 43.7 Å². The summed E-state index contributed by atoms with van der Waals surface area (Å²) in [4.78, 5) is 52.2. The Hall–Kier alpha value is -5.09. The van der Waals surface area contributed by atoms with Gasteiger partial charge in [0.05, 0.1) is 46.2 Å². The number of fused-ring (bicyclic) bond motifs is 2. The van der Waals surface area contributed by atoms with Gasteiger partial charge in [-0.3, -0.25) is 18.8 Å². The van der Waals surface area contributed by atoms with Gasteiger partial charge in [-0.2, -0.15) is 0 Å². The molecule has 5 aromatic rings. The van der Waals surface area contributed by atoms with E-state index < -0.39 is 23.4 Å². The number of amides is 2. The molecule has 2 fully saturated rings. The fourth-order valence-electron chi connectivity index (χ4n) is 8.66. The predicted molar refractivity (Wildman–Crippen MR) is 219 cm³/mol. The maximum Gasteiger partial charge on any atom is 0.330 e. The first-order chi connectivity index (χ1) is 27.8. The van der Waals surface area contributed by atoms with Crippen LogP contribution in [-0.4, -0.2) is 87.5 Å². The molecule has 304 valence electrons. The topological polar surface area (TPSA) is 136 Å². The van der Waals surface area contributed by atoms with Gasteiger partial charge < -0.3 is 25.0 Å². The molecule has 5 heterocycles. The molecule has 17 heteroatoms. The molecule has 0 unspecified atom stereocenters. The molecule has 1 spiro atoms. The highest BCUT2D eigenvalue weighted by Gasteiger charge is 2.46. The van der Waals surface area contributed by atoms with Crippen molar-refractivity contribution in [3.8, 4) is 28.3 Å². The summed E-state index contributed by atoms with van der Waals surface area (Å²) >= 11 is 14.2. The second-order valence-corrected chi connectivity index (χ2v) is 15.8. The van der Waals surface area contributed by atoms with Crippen LogP contribution in [0.4, 0.5) is 25.1 Å². The van der Waals surface area contributed by atoms with E-state index >= 15 is 0 Å². The average Bonchev–Trinajstić information content (AvgIpc) is 3.83. The van der Waals surface area contributed by atoms with Gasteiger partial charge in [0.1, 0.15) is 16.9 Å². The van der Waals surface area contributed by atoms with Crippen molar-refractivity contribution in [3.05, 3.63) is 96.2 Å². The molecule has 2 aliphatic heterocycles. The smallest absolute Gasteiger partial charge is 0.330 e. The second-order valence-electron chi connectivity index (χ2n) is 15.1. The molecule has 1 aliphatic carbocycles. The lowest BCUT2D eigenvalue weighted by Gasteiger charge is -2.40. The standard InChI is InChI=1S/C41H42Cl2F2N8O5/c1-50-30-20-28(35(44)45)47-36(32(30)38(54)51(2)40(50)56)46-26-10-6-8-24(34(26)43)23-7-5-9-25(33(23)42)27-19-22-11-12-29(31(22)37(48-27)58-4)53-16-14-41(21-53)13-15-52(17-18-57-3)39(55)49-41/h5-10,19-20,29,35H,11-18,21H2,1-4H3,(H,46,47)(H,49,55)/t29-,41+/m0/s1. The molecule has 3 aliphatic rings. The van der Waals surface area contributed by atoms with Crippen LogP contribution in [0.3, 0.4) is 0 Å². The Morgan fingerprint density at radius 1 is 0.966 bits per heavy atom. The van der Waals surface area contributed by atoms with Gasteiger partial charge in [0.2, 0.25) is 5.88 Å². The van der Waals surface area contributed by atoms with E-state index in [1.165, 1.54) is 14.1 Å². The normalized spacial score (nSPS) is 19.4. The van der Waals surface area contributed by atoms with Crippen molar-refractivity contribution in [3.63, 3.8) is 0 Å². The Morgan fingerprint density at radius 2 is 1.69 bits per heavy atom. The molecule has 13 nitrogen and oxygen atoms in total. The highest BCUT2D eigenvalue weighted by molar-refractivity contribution is 6.39. The number of alkyl halides is 2. The lowest BCUT2D eigenvalue weighted by Crippen LogP contribution is -2.61. The number of anilines is 2. The highest BCUT2D eigenvalue weighted by Crippen LogP contribution is 2.47. The molecule has 58 heavy (non-hydrogen) atoms. The maximum atomic E-state index is 14.0. The summed E-state index contributed by atoms with van der Waals surface area (Å²) < 4.78 is 41.2. The van der Waals surface area contributed by atoms with Crippen LogP contribution in [0, 0.1) is 0 Å². The summed E-state index contributed by atoms with van der Waals surface area (Å²) in [5, 5.41) is 6.83. The van der Waals surface area contributed by atoms with Gasteiger partial charge in [0, 0.05) is 75.7 Å². The van der Waals surface area contributed by atoms with Crippen molar-refractivity contribution in [2.24, 2.45) is 14.1 Å². The highest BCUT2D eigenvalue weighted by atomic mass is 35.5. The summed E-state index contributed by atoms with van der Waals surface area (Å²) in [5.41, 5.74) is 2.59. The van der Waals surface area contributed by atoms with Crippen LogP contribution < -0.4 is 26.6 Å². The fourth-order valence-corrected chi connectivity index (χ4v) is 9.26. The van der Waals surface area contributed by atoms with Crippen molar-refractivity contribution >= 4 is 51.6 Å². The maximum absolute atomic E-state index is 14.0. The largest absolute Gasteiger partial charge is 0.481 e. The van der Waals surface area contributed by atoms with E-state index in [2.05, 4.69) is 26.6 Å². The number of halogens is 4. The number of methoxy groups -OCH3 is 2. The zero-order valence-electron chi connectivity index (χ0n) is 32.4. The van der Waals surface area contributed by atoms with Crippen LogP contribution in [0.15, 0.2) is 58.1 Å². The molecule has 2 saturated heterocycles. The van der Waals surface area contributed by atoms with Gasteiger partial charge in [-0.05, 0) is 49.4 Å². The molecule has 0 bridgehead atoms. The number of rotatable bonds is 10. The average molecular weight is 836 g/mol. The van der Waals surface area contributed by atoms with E-state index in [0.29, 0.717) is 53.0 Å². The fraction of sp³-hybridized carbons (Fsp3) is 0.390. The Bertz CT molecular complexity index is 2590. The number of urea groups is 1. The minimum atomic E-state index is -2.97. The van der Waals surface area contributed by atoms with E-state index in [4.69, 9.17) is 37.7 Å². The summed E-state index contributed by atoms with van der Waals surface area (Å²) in [6, 6.07) is 13.8. The number of aryl methyl sites for hydroxylation is 2. The van der Waals surface area contributed by atoms with Gasteiger partial charge in [-0.25, -0.2) is 28.3 Å². The number of benzene rings is 2. The molecule has 0 saturated carbocycles. The Labute approximate surface area is 342 Å². The summed E-state index contributed by atoms with van der Waals surface area (Å²) in [7, 11) is 5.95. The summed E-state index contributed by atoms with van der Waals surface area (Å²) in [5.74, 6) is 0.349. The molecular formula is C41H42Cl2F2N8O5. The number of ether oxygens (including phenoxy) is 2. The molecule has 2 amide bonds. The third-order valence-corrected chi connectivity index (χ3v) is 12.6. The summed E-state index contributed by atoms with van der Waals surface area (Å²) in [6.07, 6.45) is 0.466. The third kappa shape index (κ3) is 6.87. The van der Waals surface area contributed by atoms with Crippen molar-refractivity contribution in [1.29, 1.82) is 0 Å². The lowest BCUT2D eigenvalue weighted by molar-refractivity contribution is 0.114. The van der Waals surface area contributed by atoms with E-state index in [1.807, 2.05) is 23.1 Å². The van der Waals surface area contributed by atoms with Gasteiger partial charge in [0.25, 0.3) is 12.0 Å². The Morgan fingerprint density at radius 3 is 2.41 bits per heavy atom. The van der Waals surface area contributed by atoms with Gasteiger partial charge in [-0.15, -0.1) is 0 Å². The summed E-state index contributed by atoms with van der Waals surface area (Å²) in [6.45, 7) is 3.35. The minimum Gasteiger partial charge on any atom is -0.481 e. The molecular weight excluding hydrogens is 793 g/mol. The third-order valence-electron chi connectivity index (χ3n) is 11.7. The monoisotopic (exact) mass is 834 g/mol. The van der Waals surface area contributed by atoms with Crippen LogP contribution in [0.5, 0.6) is 5.88 Å². The molecule has 0 radical (unpaired) electrons. The number of hydrogen-bond donors (Lipinski definition) is 2. The minimum absolute atomic E-state index is 0.0000534. The van der Waals surface area contributed by atoms with E-state index in [0.717, 1.165) is 65.1 Å². The second kappa shape index (κ2) is 15.6. The van der Waals surface area contributed by atoms with Crippen LogP contribution in [-0.2, 0) is 25.3 Å².